The molecule has 16 heavy (non-hydrogen) atoms. The molecule has 0 aromatic rings. The molecule has 0 aromatic heterocycles. The Morgan fingerprint density at radius 3 is 2.38 bits per heavy atom. The van der Waals surface area contributed by atoms with Crippen LogP contribution in [-0.2, 0) is 0 Å². The van der Waals surface area contributed by atoms with Gasteiger partial charge in [0.2, 0.25) is 0 Å². The Balaban J connectivity index is 2.35. The lowest BCUT2D eigenvalue weighted by atomic mass is 9.89. The van der Waals surface area contributed by atoms with Gasteiger partial charge in [-0.1, -0.05) is 33.6 Å². The third-order valence-electron chi connectivity index (χ3n) is 4.42. The lowest BCUT2D eigenvalue weighted by molar-refractivity contribution is 0.273. The standard InChI is InChI=1S/C14H30N2/c1-4-14(5-2,6-3)16-12-13-10-8-7-9-11-15-13/h13,15-16H,4-12H2,1-3H3. The van der Waals surface area contributed by atoms with Crippen LogP contribution in [0.15, 0.2) is 0 Å². The predicted octanol–water partition coefficient (Wildman–Crippen LogP) is 3.08. The van der Waals surface area contributed by atoms with E-state index in [1.54, 1.807) is 0 Å². The van der Waals surface area contributed by atoms with E-state index in [-0.39, 0.29) is 0 Å². The Bertz CT molecular complexity index is 159. The van der Waals surface area contributed by atoms with Crippen LogP contribution in [-0.4, -0.2) is 24.7 Å². The molecule has 1 saturated heterocycles. The van der Waals surface area contributed by atoms with E-state index in [4.69, 9.17) is 0 Å². The molecular formula is C14H30N2. The van der Waals surface area contributed by atoms with Crippen molar-refractivity contribution in [1.29, 1.82) is 0 Å². The van der Waals surface area contributed by atoms with Crippen molar-refractivity contribution in [2.24, 2.45) is 0 Å². The molecule has 2 N–H and O–H groups in total. The molecule has 0 saturated carbocycles. The van der Waals surface area contributed by atoms with Crippen molar-refractivity contribution in [2.45, 2.75) is 77.3 Å². The van der Waals surface area contributed by atoms with Crippen molar-refractivity contribution in [1.82, 2.24) is 10.6 Å². The molecule has 1 fully saturated rings. The minimum absolute atomic E-state index is 0.383. The minimum Gasteiger partial charge on any atom is -0.313 e. The maximum Gasteiger partial charge on any atom is 0.0192 e. The molecule has 96 valence electrons. The normalized spacial score (nSPS) is 23.1. The van der Waals surface area contributed by atoms with Gasteiger partial charge in [0, 0.05) is 18.1 Å². The van der Waals surface area contributed by atoms with Crippen molar-refractivity contribution in [3.8, 4) is 0 Å². The van der Waals surface area contributed by atoms with E-state index in [2.05, 4.69) is 31.4 Å². The first-order valence-corrected chi connectivity index (χ1v) is 7.24. The monoisotopic (exact) mass is 226 g/mol. The van der Waals surface area contributed by atoms with Crippen molar-refractivity contribution in [2.75, 3.05) is 13.1 Å². The molecule has 0 aliphatic carbocycles. The summed E-state index contributed by atoms with van der Waals surface area (Å²) >= 11 is 0. The van der Waals surface area contributed by atoms with Crippen LogP contribution < -0.4 is 10.6 Å². The quantitative estimate of drug-likeness (QED) is 0.727. The Morgan fingerprint density at radius 2 is 1.75 bits per heavy atom. The zero-order chi connectivity index (χ0) is 11.9. The van der Waals surface area contributed by atoms with Gasteiger partial charge in [-0.15, -0.1) is 0 Å². The molecule has 1 aliphatic rings. The second-order valence-electron chi connectivity index (χ2n) is 5.22. The van der Waals surface area contributed by atoms with Gasteiger partial charge < -0.3 is 10.6 Å². The summed E-state index contributed by atoms with van der Waals surface area (Å²) < 4.78 is 0. The third kappa shape index (κ3) is 4.06. The molecule has 1 aliphatic heterocycles. The number of nitrogens with one attached hydrogen (secondary N) is 2. The van der Waals surface area contributed by atoms with E-state index in [1.165, 1.54) is 51.5 Å². The van der Waals surface area contributed by atoms with Crippen molar-refractivity contribution in [3.63, 3.8) is 0 Å². The molecule has 0 aromatic carbocycles. The highest BCUT2D eigenvalue weighted by atomic mass is 15.0. The van der Waals surface area contributed by atoms with Crippen molar-refractivity contribution >= 4 is 0 Å². The molecule has 1 rings (SSSR count). The van der Waals surface area contributed by atoms with Gasteiger partial charge in [-0.05, 0) is 38.6 Å². The van der Waals surface area contributed by atoms with E-state index in [9.17, 15) is 0 Å². The van der Waals surface area contributed by atoms with Crippen LogP contribution in [0.1, 0.15) is 65.7 Å². The van der Waals surface area contributed by atoms with E-state index >= 15 is 0 Å². The minimum atomic E-state index is 0.383. The predicted molar refractivity (Wildman–Crippen MR) is 71.9 cm³/mol. The molecule has 0 amide bonds. The van der Waals surface area contributed by atoms with Crippen LogP contribution in [0.4, 0.5) is 0 Å². The Labute approximate surface area is 102 Å². The van der Waals surface area contributed by atoms with Crippen molar-refractivity contribution in [3.05, 3.63) is 0 Å². The summed E-state index contributed by atoms with van der Waals surface area (Å²) in [4.78, 5) is 0. The van der Waals surface area contributed by atoms with Crippen LogP contribution in [0.25, 0.3) is 0 Å². The summed E-state index contributed by atoms with van der Waals surface area (Å²) in [5.74, 6) is 0. The molecule has 0 radical (unpaired) electrons. The summed E-state index contributed by atoms with van der Waals surface area (Å²) in [6.45, 7) is 9.28. The van der Waals surface area contributed by atoms with Crippen LogP contribution >= 0.6 is 0 Å². The second kappa shape index (κ2) is 7.29. The fourth-order valence-electron chi connectivity index (χ4n) is 2.74. The summed E-state index contributed by atoms with van der Waals surface area (Å²) in [5.41, 5.74) is 0.383. The number of hydrogen-bond acceptors (Lipinski definition) is 2. The Morgan fingerprint density at radius 1 is 1.06 bits per heavy atom. The van der Waals surface area contributed by atoms with Crippen LogP contribution in [0, 0.1) is 0 Å². The van der Waals surface area contributed by atoms with E-state index < -0.39 is 0 Å². The summed E-state index contributed by atoms with van der Waals surface area (Å²) in [6, 6.07) is 0.700. The van der Waals surface area contributed by atoms with Gasteiger partial charge >= 0.3 is 0 Å². The zero-order valence-electron chi connectivity index (χ0n) is 11.4. The first-order chi connectivity index (χ1) is 7.76. The summed E-state index contributed by atoms with van der Waals surface area (Å²) in [7, 11) is 0. The van der Waals surface area contributed by atoms with E-state index in [0.29, 0.717) is 11.6 Å². The highest BCUT2D eigenvalue weighted by Crippen LogP contribution is 2.19. The van der Waals surface area contributed by atoms with Crippen molar-refractivity contribution < 1.29 is 0 Å². The zero-order valence-corrected chi connectivity index (χ0v) is 11.4. The molecular weight excluding hydrogens is 196 g/mol. The Hall–Kier alpha value is -0.0800. The van der Waals surface area contributed by atoms with Gasteiger partial charge in [-0.25, -0.2) is 0 Å². The fraction of sp³-hybridized carbons (Fsp3) is 1.00. The first-order valence-electron chi connectivity index (χ1n) is 7.24. The average molecular weight is 226 g/mol. The molecule has 2 heteroatoms. The maximum atomic E-state index is 3.82. The molecule has 0 spiro atoms. The summed E-state index contributed by atoms with van der Waals surface area (Å²) in [6.07, 6.45) is 9.24. The molecule has 1 heterocycles. The molecule has 1 atom stereocenters. The van der Waals surface area contributed by atoms with Gasteiger partial charge in [0.15, 0.2) is 0 Å². The highest BCUT2D eigenvalue weighted by molar-refractivity contribution is 4.86. The van der Waals surface area contributed by atoms with E-state index in [1.807, 2.05) is 0 Å². The lowest BCUT2D eigenvalue weighted by Crippen LogP contribution is -2.49. The van der Waals surface area contributed by atoms with Gasteiger partial charge in [-0.2, -0.15) is 0 Å². The molecule has 1 unspecified atom stereocenters. The van der Waals surface area contributed by atoms with Crippen LogP contribution in [0.3, 0.4) is 0 Å². The topological polar surface area (TPSA) is 24.1 Å². The first kappa shape index (κ1) is 14.0. The Kier molecular flexibility index (Phi) is 6.37. The fourth-order valence-corrected chi connectivity index (χ4v) is 2.74. The molecule has 2 nitrogen and oxygen atoms in total. The summed E-state index contributed by atoms with van der Waals surface area (Å²) in [5, 5.41) is 7.48. The van der Waals surface area contributed by atoms with E-state index in [0.717, 1.165) is 6.54 Å². The second-order valence-corrected chi connectivity index (χ2v) is 5.22. The lowest BCUT2D eigenvalue weighted by Gasteiger charge is -2.34. The van der Waals surface area contributed by atoms with Gasteiger partial charge in [0.1, 0.15) is 0 Å². The average Bonchev–Trinajstić information content (AvgIpc) is 2.60. The van der Waals surface area contributed by atoms with Crippen LogP contribution in [0.5, 0.6) is 0 Å². The van der Waals surface area contributed by atoms with Crippen LogP contribution in [0.2, 0.25) is 0 Å². The smallest absolute Gasteiger partial charge is 0.0192 e. The van der Waals surface area contributed by atoms with Gasteiger partial charge in [-0.3, -0.25) is 0 Å². The third-order valence-corrected chi connectivity index (χ3v) is 4.42. The SMILES string of the molecule is CCC(CC)(CC)NCC1CCCCCN1. The number of hydrogen-bond donors (Lipinski definition) is 2. The highest BCUT2D eigenvalue weighted by Gasteiger charge is 2.24. The maximum absolute atomic E-state index is 3.82. The number of rotatable bonds is 6. The van der Waals surface area contributed by atoms with Gasteiger partial charge in [0.25, 0.3) is 0 Å². The van der Waals surface area contributed by atoms with Gasteiger partial charge in [0.05, 0.1) is 0 Å². The molecule has 0 bridgehead atoms. The largest absolute Gasteiger partial charge is 0.313 e.